The second-order valence-electron chi connectivity index (χ2n) is 5.63. The molecule has 19 heavy (non-hydrogen) atoms. The summed E-state index contributed by atoms with van der Waals surface area (Å²) in [5, 5.41) is 0. The van der Waals surface area contributed by atoms with Crippen LogP contribution in [0.1, 0.15) is 24.8 Å². The number of rotatable bonds is 6. The Balaban J connectivity index is 1.77. The van der Waals surface area contributed by atoms with Gasteiger partial charge in [-0.15, -0.1) is 0 Å². The molecule has 0 atom stereocenters. The van der Waals surface area contributed by atoms with Crippen LogP contribution >= 0.6 is 0 Å². The van der Waals surface area contributed by atoms with Crippen LogP contribution in [-0.2, 0) is 6.54 Å². The first kappa shape index (κ1) is 14.4. The van der Waals surface area contributed by atoms with E-state index >= 15 is 0 Å². The number of piperidine rings is 1. The van der Waals surface area contributed by atoms with Crippen molar-refractivity contribution in [2.75, 3.05) is 40.3 Å². The topological polar surface area (TPSA) is 15.7 Å². The van der Waals surface area contributed by atoms with E-state index in [-0.39, 0.29) is 0 Å². The van der Waals surface area contributed by atoms with Crippen LogP contribution in [0.2, 0.25) is 0 Å². The molecule has 0 radical (unpaired) electrons. The van der Waals surface area contributed by atoms with Crippen LogP contribution in [0.5, 0.6) is 5.75 Å². The third kappa shape index (κ3) is 5.21. The Labute approximate surface area is 117 Å². The van der Waals surface area contributed by atoms with Crippen molar-refractivity contribution in [1.82, 2.24) is 9.80 Å². The van der Waals surface area contributed by atoms with E-state index in [0.717, 1.165) is 25.4 Å². The molecule has 2 rings (SSSR count). The fourth-order valence-corrected chi connectivity index (χ4v) is 2.41. The van der Waals surface area contributed by atoms with Crippen molar-refractivity contribution in [3.8, 4) is 5.75 Å². The molecule has 1 aliphatic rings. The zero-order chi connectivity index (χ0) is 13.5. The molecule has 1 heterocycles. The van der Waals surface area contributed by atoms with Crippen molar-refractivity contribution in [3.63, 3.8) is 0 Å². The molecule has 0 unspecified atom stereocenters. The van der Waals surface area contributed by atoms with Crippen molar-refractivity contribution in [1.29, 1.82) is 0 Å². The molecule has 0 aliphatic carbocycles. The van der Waals surface area contributed by atoms with Gasteiger partial charge in [0.1, 0.15) is 12.4 Å². The molecule has 106 valence electrons. The number of ether oxygens (including phenoxy) is 1. The zero-order valence-electron chi connectivity index (χ0n) is 12.3. The van der Waals surface area contributed by atoms with E-state index in [1.54, 1.807) is 0 Å². The minimum absolute atomic E-state index is 0.748. The standard InChI is InChI=1S/C16H26N2O/c1-17(2)12-13-19-16-8-6-15(7-9-16)14-18-10-4-3-5-11-18/h6-9H,3-5,10-14H2,1-2H3. The molecule has 0 bridgehead atoms. The van der Waals surface area contributed by atoms with E-state index in [2.05, 4.69) is 48.2 Å². The molecule has 3 nitrogen and oxygen atoms in total. The summed E-state index contributed by atoms with van der Waals surface area (Å²) in [5.74, 6) is 0.976. The van der Waals surface area contributed by atoms with Crippen LogP contribution < -0.4 is 4.74 Å². The Morgan fingerprint density at radius 3 is 2.37 bits per heavy atom. The van der Waals surface area contributed by atoms with E-state index in [0.29, 0.717) is 0 Å². The highest BCUT2D eigenvalue weighted by Gasteiger charge is 2.10. The Kier molecular flexibility index (Phi) is 5.67. The van der Waals surface area contributed by atoms with Gasteiger partial charge in [-0.05, 0) is 57.7 Å². The lowest BCUT2D eigenvalue weighted by Crippen LogP contribution is -2.29. The maximum absolute atomic E-state index is 5.71. The largest absolute Gasteiger partial charge is 0.492 e. The van der Waals surface area contributed by atoms with Crippen molar-refractivity contribution in [2.45, 2.75) is 25.8 Å². The SMILES string of the molecule is CN(C)CCOc1ccc(CN2CCCCC2)cc1. The predicted octanol–water partition coefficient (Wildman–Crippen LogP) is 2.61. The minimum atomic E-state index is 0.748. The van der Waals surface area contributed by atoms with Gasteiger partial charge in [0.25, 0.3) is 0 Å². The summed E-state index contributed by atoms with van der Waals surface area (Å²) >= 11 is 0. The highest BCUT2D eigenvalue weighted by molar-refractivity contribution is 5.27. The lowest BCUT2D eigenvalue weighted by Gasteiger charge is -2.26. The maximum atomic E-state index is 5.71. The average Bonchev–Trinajstić information content (AvgIpc) is 2.42. The van der Waals surface area contributed by atoms with Crippen LogP contribution in [0, 0.1) is 0 Å². The average molecular weight is 262 g/mol. The van der Waals surface area contributed by atoms with Gasteiger partial charge < -0.3 is 9.64 Å². The fourth-order valence-electron chi connectivity index (χ4n) is 2.41. The van der Waals surface area contributed by atoms with E-state index < -0.39 is 0 Å². The monoisotopic (exact) mass is 262 g/mol. The normalized spacial score (nSPS) is 16.8. The van der Waals surface area contributed by atoms with Crippen LogP contribution in [0.3, 0.4) is 0 Å². The lowest BCUT2D eigenvalue weighted by atomic mass is 10.1. The molecule has 3 heteroatoms. The molecule has 0 N–H and O–H groups in total. The number of likely N-dealkylation sites (tertiary alicyclic amines) is 1. The predicted molar refractivity (Wildman–Crippen MR) is 79.6 cm³/mol. The molecule has 1 aromatic carbocycles. The number of benzene rings is 1. The van der Waals surface area contributed by atoms with Gasteiger partial charge in [-0.2, -0.15) is 0 Å². The molecular weight excluding hydrogens is 236 g/mol. The first-order chi connectivity index (χ1) is 9.24. The van der Waals surface area contributed by atoms with Crippen LogP contribution in [0.4, 0.5) is 0 Å². The summed E-state index contributed by atoms with van der Waals surface area (Å²) in [4.78, 5) is 4.68. The molecular formula is C16H26N2O. The van der Waals surface area contributed by atoms with E-state index in [1.165, 1.54) is 37.9 Å². The molecule has 0 spiro atoms. The third-order valence-corrected chi connectivity index (χ3v) is 3.59. The second-order valence-corrected chi connectivity index (χ2v) is 5.63. The Morgan fingerprint density at radius 1 is 1.05 bits per heavy atom. The lowest BCUT2D eigenvalue weighted by molar-refractivity contribution is 0.220. The van der Waals surface area contributed by atoms with Gasteiger partial charge in [0.05, 0.1) is 0 Å². The van der Waals surface area contributed by atoms with Gasteiger partial charge in [0, 0.05) is 13.1 Å². The van der Waals surface area contributed by atoms with Gasteiger partial charge in [-0.1, -0.05) is 18.6 Å². The van der Waals surface area contributed by atoms with E-state index in [4.69, 9.17) is 4.74 Å². The second kappa shape index (κ2) is 7.51. The van der Waals surface area contributed by atoms with Crippen molar-refractivity contribution in [2.24, 2.45) is 0 Å². The van der Waals surface area contributed by atoms with Gasteiger partial charge >= 0.3 is 0 Å². The summed E-state index contributed by atoms with van der Waals surface area (Å²) in [6.07, 6.45) is 4.10. The van der Waals surface area contributed by atoms with Gasteiger partial charge in [-0.3, -0.25) is 4.90 Å². The molecule has 1 aromatic rings. The molecule has 0 aromatic heterocycles. The molecule has 1 fully saturated rings. The highest BCUT2D eigenvalue weighted by Crippen LogP contribution is 2.16. The smallest absolute Gasteiger partial charge is 0.119 e. The molecule has 1 aliphatic heterocycles. The summed E-state index contributed by atoms with van der Waals surface area (Å²) in [7, 11) is 4.12. The summed E-state index contributed by atoms with van der Waals surface area (Å²) in [6, 6.07) is 8.57. The van der Waals surface area contributed by atoms with Gasteiger partial charge in [0.15, 0.2) is 0 Å². The number of likely N-dealkylation sites (N-methyl/N-ethyl adjacent to an activating group) is 1. The van der Waals surface area contributed by atoms with Crippen LogP contribution in [0.15, 0.2) is 24.3 Å². The molecule has 1 saturated heterocycles. The van der Waals surface area contributed by atoms with Gasteiger partial charge in [0.2, 0.25) is 0 Å². The Bertz CT molecular complexity index is 356. The van der Waals surface area contributed by atoms with Gasteiger partial charge in [-0.25, -0.2) is 0 Å². The third-order valence-electron chi connectivity index (χ3n) is 3.59. The minimum Gasteiger partial charge on any atom is -0.492 e. The van der Waals surface area contributed by atoms with Crippen molar-refractivity contribution < 1.29 is 4.74 Å². The van der Waals surface area contributed by atoms with E-state index in [9.17, 15) is 0 Å². The van der Waals surface area contributed by atoms with E-state index in [1.807, 2.05) is 0 Å². The first-order valence-electron chi connectivity index (χ1n) is 7.33. The number of nitrogens with zero attached hydrogens (tertiary/aromatic N) is 2. The number of hydrogen-bond donors (Lipinski definition) is 0. The molecule has 0 saturated carbocycles. The fraction of sp³-hybridized carbons (Fsp3) is 0.625. The summed E-state index contributed by atoms with van der Waals surface area (Å²) in [5.41, 5.74) is 1.39. The summed E-state index contributed by atoms with van der Waals surface area (Å²) < 4.78 is 5.71. The van der Waals surface area contributed by atoms with Crippen LogP contribution in [0.25, 0.3) is 0 Å². The highest BCUT2D eigenvalue weighted by atomic mass is 16.5. The van der Waals surface area contributed by atoms with Crippen molar-refractivity contribution >= 4 is 0 Å². The van der Waals surface area contributed by atoms with Crippen LogP contribution in [-0.4, -0.2) is 50.1 Å². The molecule has 0 amide bonds. The van der Waals surface area contributed by atoms with Crippen molar-refractivity contribution in [3.05, 3.63) is 29.8 Å². The summed E-state index contributed by atoms with van der Waals surface area (Å²) in [6.45, 7) is 5.29. The quantitative estimate of drug-likeness (QED) is 0.784. The maximum Gasteiger partial charge on any atom is 0.119 e. The Morgan fingerprint density at radius 2 is 1.74 bits per heavy atom. The number of hydrogen-bond acceptors (Lipinski definition) is 3. The zero-order valence-corrected chi connectivity index (χ0v) is 12.3. The first-order valence-corrected chi connectivity index (χ1v) is 7.33. The Hall–Kier alpha value is -1.06.